The summed E-state index contributed by atoms with van der Waals surface area (Å²) in [5.41, 5.74) is 3.36. The first-order valence-corrected chi connectivity index (χ1v) is 10.2. The molecule has 0 saturated heterocycles. The van der Waals surface area contributed by atoms with E-state index in [-0.39, 0.29) is 17.5 Å². The van der Waals surface area contributed by atoms with Crippen molar-refractivity contribution >= 4 is 29.0 Å². The van der Waals surface area contributed by atoms with Crippen LogP contribution in [0.2, 0.25) is 0 Å². The maximum atomic E-state index is 13.6. The van der Waals surface area contributed by atoms with Crippen molar-refractivity contribution in [3.8, 4) is 11.4 Å². The normalized spacial score (nSPS) is 13.1. The SMILES string of the molecule is O=C(CSc1ccc2nnc(-c3cccc(F)c3)n2n1)N1CCc2ccccc21. The highest BCUT2D eigenvalue weighted by atomic mass is 32.2. The van der Waals surface area contributed by atoms with Crippen LogP contribution < -0.4 is 4.90 Å². The Balaban J connectivity index is 1.36. The van der Waals surface area contributed by atoms with E-state index in [1.165, 1.54) is 29.5 Å². The van der Waals surface area contributed by atoms with Crippen LogP contribution in [0, 0.1) is 5.82 Å². The molecule has 0 atom stereocenters. The number of anilines is 1. The molecule has 0 N–H and O–H groups in total. The van der Waals surface area contributed by atoms with Crippen molar-refractivity contribution in [2.24, 2.45) is 0 Å². The van der Waals surface area contributed by atoms with Crippen molar-refractivity contribution in [2.45, 2.75) is 11.4 Å². The summed E-state index contributed by atoms with van der Waals surface area (Å²) in [6.45, 7) is 0.709. The van der Waals surface area contributed by atoms with E-state index in [2.05, 4.69) is 21.4 Å². The maximum absolute atomic E-state index is 13.6. The minimum absolute atomic E-state index is 0.0518. The van der Waals surface area contributed by atoms with Crippen LogP contribution in [0.1, 0.15) is 5.56 Å². The Bertz CT molecular complexity index is 1220. The molecule has 0 unspecified atom stereocenters. The van der Waals surface area contributed by atoms with Gasteiger partial charge in [-0.15, -0.1) is 10.2 Å². The first-order chi connectivity index (χ1) is 14.2. The van der Waals surface area contributed by atoms with E-state index in [0.717, 1.165) is 12.1 Å². The summed E-state index contributed by atoms with van der Waals surface area (Å²) in [7, 11) is 0. The van der Waals surface area contributed by atoms with Crippen molar-refractivity contribution in [1.29, 1.82) is 0 Å². The van der Waals surface area contributed by atoms with E-state index < -0.39 is 0 Å². The number of thioether (sulfide) groups is 1. The lowest BCUT2D eigenvalue weighted by atomic mass is 10.2. The lowest BCUT2D eigenvalue weighted by Gasteiger charge is -2.16. The van der Waals surface area contributed by atoms with E-state index in [4.69, 9.17) is 0 Å². The van der Waals surface area contributed by atoms with Gasteiger partial charge in [-0.05, 0) is 42.3 Å². The monoisotopic (exact) mass is 405 g/mol. The van der Waals surface area contributed by atoms with Gasteiger partial charge in [-0.3, -0.25) is 4.79 Å². The number of carbonyl (C=O) groups is 1. The molecule has 0 spiro atoms. The van der Waals surface area contributed by atoms with E-state index in [1.807, 2.05) is 29.2 Å². The van der Waals surface area contributed by atoms with Gasteiger partial charge in [0.2, 0.25) is 5.91 Å². The minimum atomic E-state index is -0.346. The summed E-state index contributed by atoms with van der Waals surface area (Å²) >= 11 is 1.36. The zero-order valence-electron chi connectivity index (χ0n) is 15.3. The van der Waals surface area contributed by atoms with Gasteiger partial charge in [0.15, 0.2) is 11.5 Å². The van der Waals surface area contributed by atoms with Crippen molar-refractivity contribution in [3.63, 3.8) is 0 Å². The molecule has 0 fully saturated rings. The lowest BCUT2D eigenvalue weighted by Crippen LogP contribution is -2.30. The van der Waals surface area contributed by atoms with Gasteiger partial charge >= 0.3 is 0 Å². The Labute approximate surface area is 170 Å². The first-order valence-electron chi connectivity index (χ1n) is 9.18. The summed E-state index contributed by atoms with van der Waals surface area (Å²) in [5, 5.41) is 13.4. The average Bonchev–Trinajstić information content (AvgIpc) is 3.36. The van der Waals surface area contributed by atoms with E-state index in [9.17, 15) is 9.18 Å². The van der Waals surface area contributed by atoms with Crippen LogP contribution in [0.4, 0.5) is 10.1 Å². The van der Waals surface area contributed by atoms with Crippen LogP contribution in [0.3, 0.4) is 0 Å². The van der Waals surface area contributed by atoms with Crippen LogP contribution in [-0.2, 0) is 11.2 Å². The fraction of sp³-hybridized carbons (Fsp3) is 0.143. The predicted octanol–water partition coefficient (Wildman–Crippen LogP) is 3.61. The number of rotatable bonds is 4. The molecule has 0 radical (unpaired) electrons. The maximum Gasteiger partial charge on any atom is 0.237 e. The van der Waals surface area contributed by atoms with Gasteiger partial charge in [0.1, 0.15) is 10.8 Å². The Hall–Kier alpha value is -3.26. The first kappa shape index (κ1) is 17.8. The summed E-state index contributed by atoms with van der Waals surface area (Å²) in [4.78, 5) is 14.6. The molecule has 1 aliphatic rings. The average molecular weight is 405 g/mol. The third kappa shape index (κ3) is 3.36. The lowest BCUT2D eigenvalue weighted by molar-refractivity contribution is -0.116. The summed E-state index contributed by atoms with van der Waals surface area (Å²) in [6.07, 6.45) is 0.883. The van der Waals surface area contributed by atoms with Gasteiger partial charge in [-0.1, -0.05) is 42.1 Å². The van der Waals surface area contributed by atoms with Gasteiger partial charge in [0.05, 0.1) is 5.75 Å². The highest BCUT2D eigenvalue weighted by Crippen LogP contribution is 2.29. The number of hydrogen-bond acceptors (Lipinski definition) is 5. The van der Waals surface area contributed by atoms with Crippen molar-refractivity contribution in [2.75, 3.05) is 17.2 Å². The highest BCUT2D eigenvalue weighted by Gasteiger charge is 2.24. The van der Waals surface area contributed by atoms with E-state index in [1.54, 1.807) is 22.7 Å². The summed E-state index contributed by atoms with van der Waals surface area (Å²) in [6, 6.07) is 17.8. The molecule has 2 aromatic heterocycles. The molecule has 1 aliphatic heterocycles. The number of carbonyl (C=O) groups excluding carboxylic acids is 1. The molecule has 5 rings (SSSR count). The second-order valence-corrected chi connectivity index (χ2v) is 7.68. The number of amides is 1. The molecule has 0 bridgehead atoms. The van der Waals surface area contributed by atoms with Crippen molar-refractivity contribution in [3.05, 3.63) is 72.0 Å². The Morgan fingerprint density at radius 1 is 1.07 bits per heavy atom. The van der Waals surface area contributed by atoms with Gasteiger partial charge < -0.3 is 4.90 Å². The standard InChI is InChI=1S/C21H16FN5OS/c22-16-6-3-5-15(12-16)21-24-23-18-8-9-19(25-27(18)21)29-13-20(28)26-11-10-14-4-1-2-7-17(14)26/h1-9,12H,10-11,13H2. The van der Waals surface area contributed by atoms with Crippen LogP contribution in [0.5, 0.6) is 0 Å². The predicted molar refractivity (Wildman–Crippen MR) is 109 cm³/mol. The van der Waals surface area contributed by atoms with E-state index in [0.29, 0.717) is 28.6 Å². The third-order valence-corrected chi connectivity index (χ3v) is 5.76. The number of fused-ring (bicyclic) bond motifs is 2. The zero-order valence-corrected chi connectivity index (χ0v) is 16.1. The molecule has 1 amide bonds. The van der Waals surface area contributed by atoms with Crippen LogP contribution in [0.15, 0.2) is 65.7 Å². The molecule has 8 heteroatoms. The van der Waals surface area contributed by atoms with Crippen molar-refractivity contribution in [1.82, 2.24) is 19.8 Å². The van der Waals surface area contributed by atoms with Crippen LogP contribution >= 0.6 is 11.8 Å². The molecular formula is C21H16FN5OS. The van der Waals surface area contributed by atoms with Gasteiger partial charge in [0, 0.05) is 17.8 Å². The Morgan fingerprint density at radius 3 is 2.86 bits per heavy atom. The summed E-state index contributed by atoms with van der Waals surface area (Å²) in [5.74, 6) is 0.448. The number of halogens is 1. The van der Waals surface area contributed by atoms with Gasteiger partial charge in [0.25, 0.3) is 0 Å². The topological polar surface area (TPSA) is 63.4 Å². The quantitative estimate of drug-likeness (QED) is 0.486. The molecule has 0 aliphatic carbocycles. The summed E-state index contributed by atoms with van der Waals surface area (Å²) < 4.78 is 15.2. The fourth-order valence-corrected chi connectivity index (χ4v) is 4.20. The van der Waals surface area contributed by atoms with Crippen LogP contribution in [0.25, 0.3) is 17.0 Å². The Morgan fingerprint density at radius 2 is 1.97 bits per heavy atom. The molecule has 4 aromatic rings. The minimum Gasteiger partial charge on any atom is -0.311 e. The van der Waals surface area contributed by atoms with Crippen molar-refractivity contribution < 1.29 is 9.18 Å². The zero-order chi connectivity index (χ0) is 19.8. The molecule has 2 aromatic carbocycles. The Kier molecular flexibility index (Phi) is 4.48. The number of hydrogen-bond donors (Lipinski definition) is 0. The second-order valence-electron chi connectivity index (χ2n) is 6.69. The van der Waals surface area contributed by atoms with Gasteiger partial charge in [-0.2, -0.15) is 9.61 Å². The molecule has 29 heavy (non-hydrogen) atoms. The smallest absolute Gasteiger partial charge is 0.237 e. The molecule has 144 valence electrons. The van der Waals surface area contributed by atoms with E-state index >= 15 is 0 Å². The second kappa shape index (κ2) is 7.29. The number of benzene rings is 2. The number of para-hydroxylation sites is 1. The highest BCUT2D eigenvalue weighted by molar-refractivity contribution is 7.99. The third-order valence-electron chi connectivity index (χ3n) is 4.85. The number of nitrogens with zero attached hydrogens (tertiary/aromatic N) is 5. The molecular weight excluding hydrogens is 389 g/mol. The van der Waals surface area contributed by atoms with Gasteiger partial charge in [-0.25, -0.2) is 4.39 Å². The molecule has 3 heterocycles. The molecule has 0 saturated carbocycles. The van der Waals surface area contributed by atoms with Crippen LogP contribution in [-0.4, -0.2) is 38.0 Å². The number of aromatic nitrogens is 4. The molecule has 6 nitrogen and oxygen atoms in total. The fourth-order valence-electron chi connectivity index (χ4n) is 3.47. The largest absolute Gasteiger partial charge is 0.311 e.